The number of para-hydroxylation sites is 2. The molecule has 4 rings (SSSR count). The molecule has 2 amide bonds. The summed E-state index contributed by atoms with van der Waals surface area (Å²) in [4.78, 5) is 26.2. The molecule has 1 N–H and O–H groups in total. The van der Waals surface area contributed by atoms with Gasteiger partial charge in [-0.1, -0.05) is 30.3 Å². The van der Waals surface area contributed by atoms with E-state index in [2.05, 4.69) is 15.5 Å². The lowest BCUT2D eigenvalue weighted by Gasteiger charge is -2.19. The lowest BCUT2D eigenvalue weighted by Crippen LogP contribution is -2.25. The number of carbonyl (C=O) groups excluding carboxylic acids is 2. The van der Waals surface area contributed by atoms with Crippen LogP contribution in [0.25, 0.3) is 11.5 Å². The van der Waals surface area contributed by atoms with E-state index in [0.717, 1.165) is 17.7 Å². The second-order valence-electron chi connectivity index (χ2n) is 6.58. The lowest BCUT2D eigenvalue weighted by atomic mass is 10.2. The Labute approximate surface area is 162 Å². The zero-order valence-electron chi connectivity index (χ0n) is 15.3. The highest BCUT2D eigenvalue weighted by Crippen LogP contribution is 2.29. The fourth-order valence-electron chi connectivity index (χ4n) is 3.20. The Hall–Kier alpha value is -3.48. The van der Waals surface area contributed by atoms with Crippen molar-refractivity contribution in [1.82, 2.24) is 10.2 Å². The molecule has 2 heterocycles. The molecule has 2 aromatic carbocycles. The molecule has 28 heavy (non-hydrogen) atoms. The molecule has 0 spiro atoms. The van der Waals surface area contributed by atoms with Crippen molar-refractivity contribution in [1.29, 1.82) is 0 Å². The summed E-state index contributed by atoms with van der Waals surface area (Å²) in [5.74, 6) is 0.769. The first-order valence-electron chi connectivity index (χ1n) is 9.28. The van der Waals surface area contributed by atoms with Gasteiger partial charge in [-0.2, -0.15) is 0 Å². The third kappa shape index (κ3) is 3.93. The highest BCUT2D eigenvalue weighted by Gasteiger charge is 2.24. The summed E-state index contributed by atoms with van der Waals surface area (Å²) in [6.07, 6.45) is 1.93. The van der Waals surface area contributed by atoms with Gasteiger partial charge in [0.15, 0.2) is 0 Å². The van der Waals surface area contributed by atoms with Gasteiger partial charge in [0.2, 0.25) is 23.6 Å². The molecule has 0 unspecified atom stereocenters. The number of aryl methyl sites for hydroxylation is 1. The largest absolute Gasteiger partial charge is 0.421 e. The van der Waals surface area contributed by atoms with Crippen molar-refractivity contribution in [3.63, 3.8) is 0 Å². The predicted octanol–water partition coefficient (Wildman–Crippen LogP) is 3.43. The van der Waals surface area contributed by atoms with Gasteiger partial charge in [0.1, 0.15) is 0 Å². The van der Waals surface area contributed by atoms with E-state index in [0.29, 0.717) is 36.9 Å². The summed E-state index contributed by atoms with van der Waals surface area (Å²) in [6, 6.07) is 16.8. The molecular formula is C21H20N4O3. The number of rotatable bonds is 6. The average molecular weight is 376 g/mol. The highest BCUT2D eigenvalue weighted by atomic mass is 16.4. The van der Waals surface area contributed by atoms with E-state index in [-0.39, 0.29) is 18.2 Å². The Morgan fingerprint density at radius 2 is 1.86 bits per heavy atom. The SMILES string of the molecule is O=C(CCc1nnc(-c2ccccc2)o1)Nc1ccccc1N1CCCC1=O. The number of aromatic nitrogens is 2. The van der Waals surface area contributed by atoms with Crippen LogP contribution in [0.2, 0.25) is 0 Å². The van der Waals surface area contributed by atoms with Crippen molar-refractivity contribution in [2.24, 2.45) is 0 Å². The number of hydrogen-bond donors (Lipinski definition) is 1. The predicted molar refractivity (Wildman–Crippen MR) is 105 cm³/mol. The highest BCUT2D eigenvalue weighted by molar-refractivity contribution is 6.02. The number of anilines is 2. The summed E-state index contributed by atoms with van der Waals surface area (Å²) in [5, 5.41) is 10.9. The maximum absolute atomic E-state index is 12.4. The Balaban J connectivity index is 1.38. The van der Waals surface area contributed by atoms with E-state index in [1.54, 1.807) is 11.0 Å². The quantitative estimate of drug-likeness (QED) is 0.712. The van der Waals surface area contributed by atoms with E-state index in [4.69, 9.17) is 4.42 Å². The van der Waals surface area contributed by atoms with Gasteiger partial charge in [-0.05, 0) is 30.7 Å². The second kappa shape index (κ2) is 8.04. The summed E-state index contributed by atoms with van der Waals surface area (Å²) in [7, 11) is 0. The van der Waals surface area contributed by atoms with E-state index < -0.39 is 0 Å². The van der Waals surface area contributed by atoms with Crippen molar-refractivity contribution in [3.05, 3.63) is 60.5 Å². The fourth-order valence-corrected chi connectivity index (χ4v) is 3.20. The molecule has 0 radical (unpaired) electrons. The minimum Gasteiger partial charge on any atom is -0.421 e. The second-order valence-corrected chi connectivity index (χ2v) is 6.58. The maximum Gasteiger partial charge on any atom is 0.247 e. The Morgan fingerprint density at radius 3 is 2.64 bits per heavy atom. The van der Waals surface area contributed by atoms with Crippen molar-refractivity contribution < 1.29 is 14.0 Å². The molecule has 0 atom stereocenters. The molecule has 7 nitrogen and oxygen atoms in total. The number of nitrogens with one attached hydrogen (secondary N) is 1. The first kappa shape index (κ1) is 17.9. The first-order valence-corrected chi connectivity index (χ1v) is 9.28. The van der Waals surface area contributed by atoms with Crippen molar-refractivity contribution in [3.8, 4) is 11.5 Å². The Bertz CT molecular complexity index is 984. The molecule has 0 saturated carbocycles. The van der Waals surface area contributed by atoms with Crippen LogP contribution in [0.5, 0.6) is 0 Å². The summed E-state index contributed by atoms with van der Waals surface area (Å²) in [6.45, 7) is 0.677. The minimum absolute atomic E-state index is 0.0843. The maximum atomic E-state index is 12.4. The molecule has 3 aromatic rings. The van der Waals surface area contributed by atoms with E-state index in [1.165, 1.54) is 0 Å². The Morgan fingerprint density at radius 1 is 1.07 bits per heavy atom. The number of nitrogens with zero attached hydrogens (tertiary/aromatic N) is 3. The van der Waals surface area contributed by atoms with Crippen LogP contribution in [0.4, 0.5) is 11.4 Å². The molecule has 1 aliphatic rings. The van der Waals surface area contributed by atoms with Gasteiger partial charge >= 0.3 is 0 Å². The normalized spacial score (nSPS) is 13.7. The number of hydrogen-bond acceptors (Lipinski definition) is 5. The van der Waals surface area contributed by atoms with Crippen LogP contribution >= 0.6 is 0 Å². The molecule has 1 saturated heterocycles. The molecular weight excluding hydrogens is 356 g/mol. The molecule has 142 valence electrons. The number of carbonyl (C=O) groups is 2. The van der Waals surface area contributed by atoms with Gasteiger partial charge in [-0.25, -0.2) is 0 Å². The van der Waals surface area contributed by atoms with Crippen LogP contribution in [0, 0.1) is 0 Å². The zero-order chi connectivity index (χ0) is 19.3. The first-order chi connectivity index (χ1) is 13.7. The Kier molecular flexibility index (Phi) is 5.14. The van der Waals surface area contributed by atoms with Crippen LogP contribution in [-0.2, 0) is 16.0 Å². The fraction of sp³-hybridized carbons (Fsp3) is 0.238. The van der Waals surface area contributed by atoms with Crippen molar-refractivity contribution in [2.75, 3.05) is 16.8 Å². The molecule has 1 fully saturated rings. The van der Waals surface area contributed by atoms with Gasteiger partial charge in [0.25, 0.3) is 0 Å². The molecule has 7 heteroatoms. The van der Waals surface area contributed by atoms with E-state index in [1.807, 2.05) is 48.5 Å². The molecule has 0 aliphatic carbocycles. The third-order valence-corrected chi connectivity index (χ3v) is 4.60. The van der Waals surface area contributed by atoms with Crippen LogP contribution < -0.4 is 10.2 Å². The van der Waals surface area contributed by atoms with Crippen LogP contribution in [0.15, 0.2) is 59.0 Å². The molecule has 0 bridgehead atoms. The van der Waals surface area contributed by atoms with Gasteiger partial charge in [-0.15, -0.1) is 10.2 Å². The van der Waals surface area contributed by atoms with Gasteiger partial charge < -0.3 is 14.6 Å². The van der Waals surface area contributed by atoms with Gasteiger partial charge in [-0.3, -0.25) is 9.59 Å². The summed E-state index contributed by atoms with van der Waals surface area (Å²) in [5.41, 5.74) is 2.22. The zero-order valence-corrected chi connectivity index (χ0v) is 15.3. The van der Waals surface area contributed by atoms with Crippen molar-refractivity contribution in [2.45, 2.75) is 25.7 Å². The van der Waals surface area contributed by atoms with Gasteiger partial charge in [0.05, 0.1) is 11.4 Å². The summed E-state index contributed by atoms with van der Waals surface area (Å²) >= 11 is 0. The standard InChI is InChI=1S/C21H20N4O3/c26-18(12-13-19-23-24-21(28-19)15-7-2-1-3-8-15)22-16-9-4-5-10-17(16)25-14-6-11-20(25)27/h1-5,7-10H,6,11-14H2,(H,22,26). The topological polar surface area (TPSA) is 88.3 Å². The number of amides is 2. The van der Waals surface area contributed by atoms with E-state index >= 15 is 0 Å². The minimum atomic E-state index is -0.168. The van der Waals surface area contributed by atoms with Crippen molar-refractivity contribution >= 4 is 23.2 Å². The van der Waals surface area contributed by atoms with E-state index in [9.17, 15) is 9.59 Å². The lowest BCUT2D eigenvalue weighted by molar-refractivity contribution is -0.117. The molecule has 1 aromatic heterocycles. The monoisotopic (exact) mass is 376 g/mol. The summed E-state index contributed by atoms with van der Waals surface area (Å²) < 4.78 is 5.63. The van der Waals surface area contributed by atoms with Crippen LogP contribution in [-0.4, -0.2) is 28.6 Å². The van der Waals surface area contributed by atoms with Crippen LogP contribution in [0.3, 0.4) is 0 Å². The van der Waals surface area contributed by atoms with Gasteiger partial charge in [0, 0.05) is 31.4 Å². The molecule has 1 aliphatic heterocycles. The smallest absolute Gasteiger partial charge is 0.247 e. The van der Waals surface area contributed by atoms with Crippen LogP contribution in [0.1, 0.15) is 25.2 Å². The third-order valence-electron chi connectivity index (χ3n) is 4.60. The average Bonchev–Trinajstić information content (AvgIpc) is 3.37. The number of benzene rings is 2.